The van der Waals surface area contributed by atoms with E-state index in [1.165, 1.54) is 12.8 Å². The maximum atomic E-state index is 11.5. The van der Waals surface area contributed by atoms with Crippen LogP contribution in [0.5, 0.6) is 0 Å². The fourth-order valence-corrected chi connectivity index (χ4v) is 2.02. The van der Waals surface area contributed by atoms with E-state index < -0.39 is 0 Å². The van der Waals surface area contributed by atoms with Crippen molar-refractivity contribution in [1.82, 2.24) is 0 Å². The van der Waals surface area contributed by atoms with Gasteiger partial charge >= 0.3 is 0 Å². The van der Waals surface area contributed by atoms with Crippen molar-refractivity contribution in [1.29, 1.82) is 0 Å². The number of hydrogen-bond acceptors (Lipinski definition) is 1. The molecule has 0 saturated heterocycles. The molecule has 1 nitrogen and oxygen atoms in total. The zero-order chi connectivity index (χ0) is 9.19. The Morgan fingerprint density at radius 3 is 2.50 bits per heavy atom. The Bertz CT molecular complexity index is 205. The summed E-state index contributed by atoms with van der Waals surface area (Å²) >= 11 is 0. The van der Waals surface area contributed by atoms with Crippen molar-refractivity contribution >= 4 is 5.78 Å². The molecule has 1 unspecified atom stereocenters. The van der Waals surface area contributed by atoms with E-state index in [-0.39, 0.29) is 5.41 Å². The van der Waals surface area contributed by atoms with E-state index in [4.69, 9.17) is 0 Å². The average molecular weight is 166 g/mol. The molecule has 1 rings (SSSR count). The van der Waals surface area contributed by atoms with Crippen molar-refractivity contribution in [2.75, 3.05) is 0 Å². The first kappa shape index (κ1) is 9.50. The number of hydrogen-bond donors (Lipinski definition) is 0. The lowest BCUT2D eigenvalue weighted by molar-refractivity contribution is -0.131. The lowest BCUT2D eigenvalue weighted by Gasteiger charge is -2.41. The topological polar surface area (TPSA) is 17.1 Å². The Kier molecular flexibility index (Phi) is 2.71. The van der Waals surface area contributed by atoms with Crippen LogP contribution in [0.3, 0.4) is 0 Å². The smallest absolute Gasteiger partial charge is 0.164 e. The summed E-state index contributed by atoms with van der Waals surface area (Å²) in [5.74, 6) is 0.332. The predicted molar refractivity (Wildman–Crippen MR) is 51.0 cm³/mol. The zero-order valence-corrected chi connectivity index (χ0v) is 8.15. The van der Waals surface area contributed by atoms with Crippen molar-refractivity contribution < 1.29 is 4.79 Å². The molecule has 1 aliphatic carbocycles. The molecule has 1 saturated carbocycles. The third-order valence-electron chi connectivity index (χ3n) is 3.04. The second kappa shape index (κ2) is 3.42. The molecule has 12 heavy (non-hydrogen) atoms. The summed E-state index contributed by atoms with van der Waals surface area (Å²) in [7, 11) is 0. The van der Waals surface area contributed by atoms with Gasteiger partial charge in [-0.25, -0.2) is 0 Å². The fraction of sp³-hybridized carbons (Fsp3) is 0.727. The second-order valence-electron chi connectivity index (χ2n) is 3.85. The van der Waals surface area contributed by atoms with E-state index in [9.17, 15) is 4.79 Å². The molecule has 68 valence electrons. The fourth-order valence-electron chi connectivity index (χ4n) is 2.02. The van der Waals surface area contributed by atoms with Crippen LogP contribution in [-0.4, -0.2) is 5.78 Å². The lowest BCUT2D eigenvalue weighted by Crippen LogP contribution is -2.42. The van der Waals surface area contributed by atoms with Gasteiger partial charge in [0.05, 0.1) is 0 Å². The van der Waals surface area contributed by atoms with Crippen molar-refractivity contribution in [3.8, 4) is 0 Å². The number of Topliss-reactive ketones (excluding diaryl/α,β-unsaturated/α-hetero) is 1. The van der Waals surface area contributed by atoms with Gasteiger partial charge in [-0.2, -0.15) is 0 Å². The molecule has 0 N–H and O–H groups in total. The van der Waals surface area contributed by atoms with Crippen LogP contribution in [0.25, 0.3) is 0 Å². The van der Waals surface area contributed by atoms with Crippen molar-refractivity contribution in [2.45, 2.75) is 46.0 Å². The maximum absolute atomic E-state index is 11.5. The average Bonchev–Trinajstić information content (AvgIpc) is 2.11. The van der Waals surface area contributed by atoms with Crippen LogP contribution in [0.15, 0.2) is 12.2 Å². The minimum absolute atomic E-state index is 0.00704. The zero-order valence-electron chi connectivity index (χ0n) is 8.15. The predicted octanol–water partition coefficient (Wildman–Crippen LogP) is 3.10. The number of unbranched alkanes of at least 4 members (excludes halogenated alkanes) is 1. The van der Waals surface area contributed by atoms with Crippen LogP contribution in [0.1, 0.15) is 46.0 Å². The van der Waals surface area contributed by atoms with E-state index in [0.29, 0.717) is 5.78 Å². The first-order valence-electron chi connectivity index (χ1n) is 4.89. The molecule has 0 aromatic carbocycles. The van der Waals surface area contributed by atoms with E-state index in [2.05, 4.69) is 20.4 Å². The van der Waals surface area contributed by atoms with Gasteiger partial charge in [-0.3, -0.25) is 4.79 Å². The van der Waals surface area contributed by atoms with Gasteiger partial charge in [-0.1, -0.05) is 33.3 Å². The number of ketones is 1. The summed E-state index contributed by atoms with van der Waals surface area (Å²) in [6.07, 6.45) is 5.36. The standard InChI is InChI=1S/C11H18O/c1-4-6-7-11(5-2)8-9(3)10(11)12/h3-8H2,1-2H3. The molecule has 1 aliphatic rings. The highest BCUT2D eigenvalue weighted by molar-refractivity contribution is 6.06. The monoisotopic (exact) mass is 166 g/mol. The van der Waals surface area contributed by atoms with E-state index >= 15 is 0 Å². The molecule has 1 atom stereocenters. The van der Waals surface area contributed by atoms with Crippen LogP contribution >= 0.6 is 0 Å². The van der Waals surface area contributed by atoms with E-state index in [1.54, 1.807) is 0 Å². The summed E-state index contributed by atoms with van der Waals surface area (Å²) < 4.78 is 0. The van der Waals surface area contributed by atoms with Crippen LogP contribution in [0.4, 0.5) is 0 Å². The van der Waals surface area contributed by atoms with Crippen LogP contribution in [0.2, 0.25) is 0 Å². The van der Waals surface area contributed by atoms with Crippen LogP contribution < -0.4 is 0 Å². The second-order valence-corrected chi connectivity index (χ2v) is 3.85. The number of rotatable bonds is 4. The van der Waals surface area contributed by atoms with Crippen LogP contribution in [-0.2, 0) is 4.79 Å². The minimum atomic E-state index is 0.00704. The quantitative estimate of drug-likeness (QED) is 0.586. The van der Waals surface area contributed by atoms with Crippen molar-refractivity contribution in [2.24, 2.45) is 5.41 Å². The molecular weight excluding hydrogens is 148 g/mol. The summed E-state index contributed by atoms with van der Waals surface area (Å²) in [5.41, 5.74) is 0.848. The number of carbonyl (C=O) groups is 1. The maximum Gasteiger partial charge on any atom is 0.164 e. The minimum Gasteiger partial charge on any atom is -0.294 e. The molecule has 0 bridgehead atoms. The third-order valence-corrected chi connectivity index (χ3v) is 3.04. The van der Waals surface area contributed by atoms with Gasteiger partial charge < -0.3 is 0 Å². The highest BCUT2D eigenvalue weighted by Gasteiger charge is 2.46. The Labute approximate surface area is 74.9 Å². The molecule has 0 aromatic rings. The van der Waals surface area contributed by atoms with Gasteiger partial charge in [0.2, 0.25) is 0 Å². The lowest BCUT2D eigenvalue weighted by atomic mass is 9.61. The molecule has 0 amide bonds. The van der Waals surface area contributed by atoms with Gasteiger partial charge in [0, 0.05) is 5.41 Å². The molecule has 0 radical (unpaired) electrons. The van der Waals surface area contributed by atoms with Gasteiger partial charge in [0.1, 0.15) is 0 Å². The van der Waals surface area contributed by atoms with E-state index in [0.717, 1.165) is 24.8 Å². The Morgan fingerprint density at radius 2 is 2.17 bits per heavy atom. The highest BCUT2D eigenvalue weighted by atomic mass is 16.1. The molecule has 1 heteroatoms. The molecule has 1 fully saturated rings. The normalized spacial score (nSPS) is 28.8. The van der Waals surface area contributed by atoms with Gasteiger partial charge in [0.15, 0.2) is 5.78 Å². The summed E-state index contributed by atoms with van der Waals surface area (Å²) in [6.45, 7) is 8.02. The number of carbonyl (C=O) groups excluding carboxylic acids is 1. The van der Waals surface area contributed by atoms with Crippen molar-refractivity contribution in [3.05, 3.63) is 12.2 Å². The van der Waals surface area contributed by atoms with Gasteiger partial charge in [-0.15, -0.1) is 0 Å². The van der Waals surface area contributed by atoms with Gasteiger partial charge in [-0.05, 0) is 24.8 Å². The van der Waals surface area contributed by atoms with E-state index in [1.807, 2.05) is 0 Å². The molecule has 0 heterocycles. The first-order chi connectivity index (χ1) is 5.66. The molecular formula is C11H18O. The molecule has 0 aliphatic heterocycles. The Balaban J connectivity index is 2.54. The molecule has 0 spiro atoms. The van der Waals surface area contributed by atoms with Crippen molar-refractivity contribution in [3.63, 3.8) is 0 Å². The summed E-state index contributed by atoms with van der Waals surface area (Å²) in [4.78, 5) is 11.5. The third kappa shape index (κ3) is 1.33. The highest BCUT2D eigenvalue weighted by Crippen LogP contribution is 2.47. The van der Waals surface area contributed by atoms with Crippen LogP contribution in [0, 0.1) is 5.41 Å². The van der Waals surface area contributed by atoms with Gasteiger partial charge in [0.25, 0.3) is 0 Å². The Morgan fingerprint density at radius 1 is 1.50 bits per heavy atom. The Hall–Kier alpha value is -0.590. The SMILES string of the molecule is C=C1CC(CC)(CCCC)C1=O. The first-order valence-corrected chi connectivity index (χ1v) is 4.89. The molecule has 0 aromatic heterocycles. The summed E-state index contributed by atoms with van der Waals surface area (Å²) in [5, 5.41) is 0. The number of allylic oxidation sites excluding steroid dienone is 1. The largest absolute Gasteiger partial charge is 0.294 e. The summed E-state index contributed by atoms with van der Waals surface area (Å²) in [6, 6.07) is 0.